The number of aromatic nitrogens is 4. The van der Waals surface area contributed by atoms with Crippen LogP contribution in [-0.4, -0.2) is 30.4 Å². The van der Waals surface area contributed by atoms with E-state index in [2.05, 4.69) is 39.8 Å². The van der Waals surface area contributed by atoms with Crippen LogP contribution >= 0.6 is 0 Å². The molecule has 0 spiro atoms. The fourth-order valence-electron chi connectivity index (χ4n) is 2.98. The molecule has 0 atom stereocenters. The number of benzene rings is 1. The summed E-state index contributed by atoms with van der Waals surface area (Å²) < 4.78 is 3.14. The van der Waals surface area contributed by atoms with E-state index in [0.717, 1.165) is 17.5 Å². The van der Waals surface area contributed by atoms with Gasteiger partial charge in [-0.05, 0) is 40.2 Å². The molecule has 9 nitrogen and oxygen atoms in total. The summed E-state index contributed by atoms with van der Waals surface area (Å²) in [6.07, 6.45) is 2.38. The van der Waals surface area contributed by atoms with E-state index in [0.29, 0.717) is 17.9 Å². The van der Waals surface area contributed by atoms with Gasteiger partial charge in [0.2, 0.25) is 0 Å². The average molecular weight is 396 g/mol. The van der Waals surface area contributed by atoms with E-state index in [9.17, 15) is 14.9 Å². The van der Waals surface area contributed by atoms with Gasteiger partial charge in [-0.15, -0.1) is 0 Å². The molecule has 152 valence electrons. The van der Waals surface area contributed by atoms with Gasteiger partial charge in [0.25, 0.3) is 5.91 Å². The Labute approximate surface area is 168 Å². The Morgan fingerprint density at radius 1 is 1.21 bits per heavy atom. The van der Waals surface area contributed by atoms with Crippen LogP contribution in [0.3, 0.4) is 0 Å². The average Bonchev–Trinajstić information content (AvgIpc) is 3.26. The number of carbonyl (C=O) groups excluding carboxylic acids is 1. The fraction of sp³-hybridized carbons (Fsp3) is 0.350. The molecule has 9 heteroatoms. The Hall–Kier alpha value is -3.49. The molecule has 0 aliphatic carbocycles. The Balaban J connectivity index is 1.81. The fourth-order valence-corrected chi connectivity index (χ4v) is 2.98. The third-order valence-electron chi connectivity index (χ3n) is 4.98. The van der Waals surface area contributed by atoms with Crippen LogP contribution in [0, 0.1) is 30.9 Å². The molecule has 0 saturated carbocycles. The van der Waals surface area contributed by atoms with E-state index < -0.39 is 10.5 Å². The molecular formula is C20H24N6O3. The number of amides is 1. The smallest absolute Gasteiger partial charge is 0.307 e. The van der Waals surface area contributed by atoms with Crippen molar-refractivity contribution in [3.8, 4) is 0 Å². The van der Waals surface area contributed by atoms with Crippen molar-refractivity contribution in [2.45, 2.75) is 46.7 Å². The van der Waals surface area contributed by atoms with Gasteiger partial charge in [0.15, 0.2) is 0 Å². The molecule has 0 unspecified atom stereocenters. The van der Waals surface area contributed by atoms with E-state index in [1.165, 1.54) is 16.4 Å². The molecule has 0 aliphatic heterocycles. The molecule has 0 aliphatic rings. The highest BCUT2D eigenvalue weighted by Crippen LogP contribution is 2.25. The number of carbonyl (C=O) groups is 1. The van der Waals surface area contributed by atoms with Crippen LogP contribution in [0.4, 0.5) is 11.4 Å². The molecule has 0 fully saturated rings. The minimum absolute atomic E-state index is 0.163. The van der Waals surface area contributed by atoms with Gasteiger partial charge in [-0.25, -0.2) is 0 Å². The van der Waals surface area contributed by atoms with Crippen molar-refractivity contribution in [2.24, 2.45) is 0 Å². The van der Waals surface area contributed by atoms with Crippen molar-refractivity contribution < 1.29 is 9.72 Å². The first-order valence-electron chi connectivity index (χ1n) is 9.20. The Bertz CT molecular complexity index is 1060. The summed E-state index contributed by atoms with van der Waals surface area (Å²) in [6.45, 7) is 9.67. The van der Waals surface area contributed by atoms with E-state index in [1.54, 1.807) is 13.8 Å². The zero-order valence-electron chi connectivity index (χ0n) is 17.1. The standard InChI is InChI=1S/C20H24N6O3/c1-13-6-8-16(9-7-13)11-24-15(3)18(14(2)23-24)22-19(27)20(4,5)25-12-17(10-21-25)26(28)29/h6-10,12H,11H2,1-5H3,(H,22,27). The van der Waals surface area contributed by atoms with Gasteiger partial charge in [0.05, 0.1) is 28.5 Å². The number of hydrogen-bond donors (Lipinski definition) is 1. The summed E-state index contributed by atoms with van der Waals surface area (Å²) in [6, 6.07) is 8.21. The highest BCUT2D eigenvalue weighted by atomic mass is 16.6. The summed E-state index contributed by atoms with van der Waals surface area (Å²) >= 11 is 0. The molecule has 1 N–H and O–H groups in total. The third kappa shape index (κ3) is 4.03. The van der Waals surface area contributed by atoms with E-state index in [-0.39, 0.29) is 11.6 Å². The molecule has 0 bridgehead atoms. The van der Waals surface area contributed by atoms with Gasteiger partial charge in [0, 0.05) is 0 Å². The lowest BCUT2D eigenvalue weighted by atomic mass is 10.0. The van der Waals surface area contributed by atoms with Crippen molar-refractivity contribution in [1.29, 1.82) is 0 Å². The number of hydrogen-bond acceptors (Lipinski definition) is 5. The zero-order chi connectivity index (χ0) is 21.3. The van der Waals surface area contributed by atoms with Crippen LogP contribution < -0.4 is 5.32 Å². The van der Waals surface area contributed by atoms with Crippen molar-refractivity contribution in [1.82, 2.24) is 19.6 Å². The minimum atomic E-state index is -1.12. The molecule has 0 radical (unpaired) electrons. The predicted octanol–water partition coefficient (Wildman–Crippen LogP) is 3.34. The van der Waals surface area contributed by atoms with E-state index >= 15 is 0 Å². The zero-order valence-corrected chi connectivity index (χ0v) is 17.1. The predicted molar refractivity (Wildman–Crippen MR) is 109 cm³/mol. The van der Waals surface area contributed by atoms with Gasteiger partial charge in [-0.3, -0.25) is 24.3 Å². The lowest BCUT2D eigenvalue weighted by Gasteiger charge is -2.24. The molecule has 3 aromatic rings. The lowest BCUT2D eigenvalue weighted by molar-refractivity contribution is -0.385. The first-order valence-corrected chi connectivity index (χ1v) is 9.20. The molecular weight excluding hydrogens is 372 g/mol. The highest BCUT2D eigenvalue weighted by Gasteiger charge is 2.33. The summed E-state index contributed by atoms with van der Waals surface area (Å²) in [5.74, 6) is -0.336. The summed E-state index contributed by atoms with van der Waals surface area (Å²) in [4.78, 5) is 23.3. The molecule has 1 aromatic carbocycles. The largest absolute Gasteiger partial charge is 0.321 e. The number of nitro groups is 1. The first-order chi connectivity index (χ1) is 13.6. The molecule has 0 saturated heterocycles. The maximum atomic E-state index is 12.9. The maximum Gasteiger partial charge on any atom is 0.307 e. The number of nitrogens with one attached hydrogen (secondary N) is 1. The van der Waals surface area contributed by atoms with E-state index in [4.69, 9.17) is 0 Å². The van der Waals surface area contributed by atoms with E-state index in [1.807, 2.05) is 25.5 Å². The number of anilines is 1. The van der Waals surface area contributed by atoms with Crippen molar-refractivity contribution in [2.75, 3.05) is 5.32 Å². The lowest BCUT2D eigenvalue weighted by Crippen LogP contribution is -2.40. The highest BCUT2D eigenvalue weighted by molar-refractivity contribution is 5.97. The molecule has 29 heavy (non-hydrogen) atoms. The summed E-state index contributed by atoms with van der Waals surface area (Å²) in [5.41, 5.74) is 3.19. The number of rotatable bonds is 6. The van der Waals surface area contributed by atoms with Crippen LogP contribution in [0.2, 0.25) is 0 Å². The van der Waals surface area contributed by atoms with Gasteiger partial charge in [0.1, 0.15) is 17.9 Å². The van der Waals surface area contributed by atoms with Crippen LogP contribution in [0.15, 0.2) is 36.7 Å². The Kier molecular flexibility index (Phi) is 5.23. The van der Waals surface area contributed by atoms with Gasteiger partial charge in [-0.2, -0.15) is 10.2 Å². The van der Waals surface area contributed by atoms with Gasteiger partial charge < -0.3 is 5.32 Å². The first kappa shape index (κ1) is 20.2. The topological polar surface area (TPSA) is 108 Å². The van der Waals surface area contributed by atoms with Crippen molar-refractivity contribution in [3.05, 3.63) is 69.3 Å². The van der Waals surface area contributed by atoms with Crippen molar-refractivity contribution in [3.63, 3.8) is 0 Å². The van der Waals surface area contributed by atoms with Crippen LogP contribution in [-0.2, 0) is 16.9 Å². The van der Waals surface area contributed by atoms with Crippen LogP contribution in [0.25, 0.3) is 0 Å². The van der Waals surface area contributed by atoms with Crippen molar-refractivity contribution >= 4 is 17.3 Å². The second-order valence-corrected chi connectivity index (χ2v) is 7.60. The molecule has 2 aromatic heterocycles. The van der Waals surface area contributed by atoms with Crippen LogP contribution in [0.5, 0.6) is 0 Å². The summed E-state index contributed by atoms with van der Waals surface area (Å²) in [7, 11) is 0. The Morgan fingerprint density at radius 2 is 1.86 bits per heavy atom. The monoisotopic (exact) mass is 396 g/mol. The summed E-state index contributed by atoms with van der Waals surface area (Å²) in [5, 5.41) is 22.4. The number of nitrogens with zero attached hydrogens (tertiary/aromatic N) is 5. The SMILES string of the molecule is Cc1ccc(Cn2nc(C)c(NC(=O)C(C)(C)n3cc([N+](=O)[O-])cn3)c2C)cc1. The minimum Gasteiger partial charge on any atom is -0.321 e. The normalized spacial score (nSPS) is 11.5. The van der Waals surface area contributed by atoms with Gasteiger partial charge in [-0.1, -0.05) is 29.8 Å². The second-order valence-electron chi connectivity index (χ2n) is 7.60. The molecule has 3 rings (SSSR count). The maximum absolute atomic E-state index is 12.9. The van der Waals surface area contributed by atoms with Crippen LogP contribution in [0.1, 0.15) is 36.4 Å². The number of aryl methyl sites for hydroxylation is 2. The second kappa shape index (κ2) is 7.50. The quantitative estimate of drug-likeness (QED) is 0.508. The Morgan fingerprint density at radius 3 is 2.45 bits per heavy atom. The molecule has 2 heterocycles. The van der Waals surface area contributed by atoms with Gasteiger partial charge >= 0.3 is 5.69 Å². The third-order valence-corrected chi connectivity index (χ3v) is 4.98. The molecule has 1 amide bonds.